The smallest absolute Gasteiger partial charge is 0.0671 e. The zero-order chi connectivity index (χ0) is 11.9. The summed E-state index contributed by atoms with van der Waals surface area (Å²) in [5.41, 5.74) is 0.182. The summed E-state index contributed by atoms with van der Waals surface area (Å²) in [6.45, 7) is 11.5. The maximum absolute atomic E-state index is 5.70. The molecule has 0 saturated carbocycles. The largest absolute Gasteiger partial charge is 0.377 e. The van der Waals surface area contributed by atoms with Gasteiger partial charge < -0.3 is 15.0 Å². The van der Waals surface area contributed by atoms with Gasteiger partial charge in [-0.15, -0.1) is 0 Å². The molecule has 1 N–H and O–H groups in total. The lowest BCUT2D eigenvalue weighted by Gasteiger charge is -2.23. The summed E-state index contributed by atoms with van der Waals surface area (Å²) in [6.07, 6.45) is 1.40. The van der Waals surface area contributed by atoms with E-state index in [-0.39, 0.29) is 5.54 Å². The Hall–Kier alpha value is -0.120. The molecule has 3 nitrogen and oxygen atoms in total. The zero-order valence-corrected chi connectivity index (χ0v) is 11.3. The molecule has 0 heterocycles. The van der Waals surface area contributed by atoms with E-state index in [1.807, 2.05) is 0 Å². The van der Waals surface area contributed by atoms with E-state index < -0.39 is 0 Å². The number of nitrogens with one attached hydrogen (secondary N) is 1. The van der Waals surface area contributed by atoms with Gasteiger partial charge in [-0.05, 0) is 54.8 Å². The average molecular weight is 216 g/mol. The first kappa shape index (κ1) is 14.9. The number of ether oxygens (including phenoxy) is 1. The Morgan fingerprint density at radius 1 is 1.27 bits per heavy atom. The van der Waals surface area contributed by atoms with E-state index in [1.54, 1.807) is 0 Å². The zero-order valence-electron chi connectivity index (χ0n) is 11.3. The molecule has 0 rings (SSSR count). The van der Waals surface area contributed by atoms with Crippen molar-refractivity contribution >= 4 is 0 Å². The van der Waals surface area contributed by atoms with Crippen LogP contribution in [0.4, 0.5) is 0 Å². The monoisotopic (exact) mass is 216 g/mol. The Kier molecular flexibility index (Phi) is 7.14. The number of hydrogen-bond acceptors (Lipinski definition) is 3. The highest BCUT2D eigenvalue weighted by Crippen LogP contribution is 2.00. The topological polar surface area (TPSA) is 24.5 Å². The quantitative estimate of drug-likeness (QED) is 0.656. The van der Waals surface area contributed by atoms with Crippen LogP contribution < -0.4 is 5.32 Å². The minimum atomic E-state index is 0.182. The molecule has 0 aliphatic rings. The molecule has 0 aliphatic heterocycles. The van der Waals surface area contributed by atoms with Crippen molar-refractivity contribution in [2.24, 2.45) is 0 Å². The molecule has 0 radical (unpaired) electrons. The predicted octanol–water partition coefficient (Wildman–Crippen LogP) is 1.73. The lowest BCUT2D eigenvalue weighted by Crippen LogP contribution is -2.40. The number of rotatable bonds is 7. The minimum Gasteiger partial charge on any atom is -0.377 e. The van der Waals surface area contributed by atoms with Crippen LogP contribution in [0.2, 0.25) is 0 Å². The maximum atomic E-state index is 5.70. The third kappa shape index (κ3) is 11.8. The molecule has 0 aromatic rings. The number of nitrogens with zero attached hydrogens (tertiary/aromatic N) is 1. The molecule has 0 bridgehead atoms. The Morgan fingerprint density at radius 3 is 2.33 bits per heavy atom. The van der Waals surface area contributed by atoms with Crippen LogP contribution in [0.3, 0.4) is 0 Å². The van der Waals surface area contributed by atoms with Crippen LogP contribution in [0.15, 0.2) is 0 Å². The van der Waals surface area contributed by atoms with Crippen LogP contribution in [0.5, 0.6) is 0 Å². The fraction of sp³-hybridized carbons (Fsp3) is 1.00. The van der Waals surface area contributed by atoms with Crippen LogP contribution >= 0.6 is 0 Å². The van der Waals surface area contributed by atoms with E-state index in [0.29, 0.717) is 6.10 Å². The standard InChI is InChI=1S/C12H28N2O/c1-11(10-13-12(2,3)4)15-9-7-8-14(5)6/h11,13H,7-10H2,1-6H3. The normalized spacial score (nSPS) is 14.6. The highest BCUT2D eigenvalue weighted by Gasteiger charge is 2.10. The van der Waals surface area contributed by atoms with E-state index in [1.165, 1.54) is 0 Å². The fourth-order valence-corrected chi connectivity index (χ4v) is 1.17. The molecule has 1 atom stereocenters. The third-order valence-corrected chi connectivity index (χ3v) is 2.07. The molecule has 0 aliphatic carbocycles. The summed E-state index contributed by atoms with van der Waals surface area (Å²) in [6, 6.07) is 0. The summed E-state index contributed by atoms with van der Waals surface area (Å²) in [5, 5.41) is 3.44. The molecule has 0 saturated heterocycles. The highest BCUT2D eigenvalue weighted by molar-refractivity contribution is 4.71. The van der Waals surface area contributed by atoms with Gasteiger partial charge in [0.1, 0.15) is 0 Å². The summed E-state index contributed by atoms with van der Waals surface area (Å²) in [7, 11) is 4.18. The average Bonchev–Trinajstić information content (AvgIpc) is 2.07. The third-order valence-electron chi connectivity index (χ3n) is 2.07. The first-order valence-electron chi connectivity index (χ1n) is 5.82. The van der Waals surface area contributed by atoms with Gasteiger partial charge in [-0.1, -0.05) is 0 Å². The van der Waals surface area contributed by atoms with Gasteiger partial charge in [-0.2, -0.15) is 0 Å². The van der Waals surface area contributed by atoms with Gasteiger partial charge >= 0.3 is 0 Å². The van der Waals surface area contributed by atoms with Crippen molar-refractivity contribution in [3.63, 3.8) is 0 Å². The van der Waals surface area contributed by atoms with E-state index in [9.17, 15) is 0 Å². The number of hydrogen-bond donors (Lipinski definition) is 1. The van der Waals surface area contributed by atoms with Gasteiger partial charge in [0.2, 0.25) is 0 Å². The van der Waals surface area contributed by atoms with E-state index in [2.05, 4.69) is 52.0 Å². The summed E-state index contributed by atoms with van der Waals surface area (Å²) >= 11 is 0. The van der Waals surface area contributed by atoms with E-state index in [0.717, 1.165) is 26.1 Å². The van der Waals surface area contributed by atoms with Crippen LogP contribution in [0, 0.1) is 0 Å². The van der Waals surface area contributed by atoms with Crippen LogP contribution in [-0.4, -0.2) is 50.3 Å². The first-order chi connectivity index (χ1) is 6.81. The second-order valence-electron chi connectivity index (χ2n) is 5.47. The molecule has 92 valence electrons. The van der Waals surface area contributed by atoms with Crippen molar-refractivity contribution in [2.45, 2.75) is 45.8 Å². The van der Waals surface area contributed by atoms with Gasteiger partial charge in [0.25, 0.3) is 0 Å². The minimum absolute atomic E-state index is 0.182. The molecule has 1 unspecified atom stereocenters. The Labute approximate surface area is 95.2 Å². The highest BCUT2D eigenvalue weighted by atomic mass is 16.5. The lowest BCUT2D eigenvalue weighted by atomic mass is 10.1. The summed E-state index contributed by atoms with van der Waals surface area (Å²) in [5.74, 6) is 0. The SMILES string of the molecule is CC(CNC(C)(C)C)OCCCN(C)C. The molecule has 0 spiro atoms. The lowest BCUT2D eigenvalue weighted by molar-refractivity contribution is 0.0569. The molecule has 0 aromatic heterocycles. The van der Waals surface area contributed by atoms with Gasteiger partial charge in [0.15, 0.2) is 0 Å². The van der Waals surface area contributed by atoms with Gasteiger partial charge in [-0.25, -0.2) is 0 Å². The van der Waals surface area contributed by atoms with Crippen LogP contribution in [0.1, 0.15) is 34.1 Å². The molecule has 3 heteroatoms. The summed E-state index contributed by atoms with van der Waals surface area (Å²) < 4.78 is 5.70. The molecule has 0 fully saturated rings. The first-order valence-corrected chi connectivity index (χ1v) is 5.82. The van der Waals surface area contributed by atoms with Gasteiger partial charge in [-0.3, -0.25) is 0 Å². The molecular formula is C12H28N2O. The van der Waals surface area contributed by atoms with Gasteiger partial charge in [0, 0.05) is 18.7 Å². The second-order valence-corrected chi connectivity index (χ2v) is 5.47. The van der Waals surface area contributed by atoms with Crippen LogP contribution in [-0.2, 0) is 4.74 Å². The fourth-order valence-electron chi connectivity index (χ4n) is 1.17. The van der Waals surface area contributed by atoms with Crippen molar-refractivity contribution in [1.29, 1.82) is 0 Å². The molecule has 0 aromatic carbocycles. The van der Waals surface area contributed by atoms with Crippen molar-refractivity contribution in [2.75, 3.05) is 33.8 Å². The van der Waals surface area contributed by atoms with Crippen molar-refractivity contribution < 1.29 is 4.74 Å². The Bertz CT molecular complexity index is 152. The predicted molar refractivity (Wildman–Crippen MR) is 66.3 cm³/mol. The van der Waals surface area contributed by atoms with E-state index in [4.69, 9.17) is 4.74 Å². The van der Waals surface area contributed by atoms with Crippen LogP contribution in [0.25, 0.3) is 0 Å². The second kappa shape index (κ2) is 7.20. The van der Waals surface area contributed by atoms with E-state index >= 15 is 0 Å². The molecule has 0 amide bonds. The van der Waals surface area contributed by atoms with Crippen molar-refractivity contribution in [1.82, 2.24) is 10.2 Å². The maximum Gasteiger partial charge on any atom is 0.0671 e. The van der Waals surface area contributed by atoms with Crippen molar-refractivity contribution in [3.05, 3.63) is 0 Å². The summed E-state index contributed by atoms with van der Waals surface area (Å²) in [4.78, 5) is 2.18. The van der Waals surface area contributed by atoms with Crippen molar-refractivity contribution in [3.8, 4) is 0 Å². The Morgan fingerprint density at radius 2 is 1.87 bits per heavy atom. The Balaban J connectivity index is 3.38. The van der Waals surface area contributed by atoms with Gasteiger partial charge in [0.05, 0.1) is 6.10 Å². The molecular weight excluding hydrogens is 188 g/mol. The molecule has 15 heavy (non-hydrogen) atoms.